The predicted octanol–water partition coefficient (Wildman–Crippen LogP) is 5.83. The molecule has 2 unspecified atom stereocenters. The summed E-state index contributed by atoms with van der Waals surface area (Å²) in [6.07, 6.45) is 7.36. The summed E-state index contributed by atoms with van der Waals surface area (Å²) in [4.78, 5) is 0. The Morgan fingerprint density at radius 1 is 1.04 bits per heavy atom. The average molecular weight is 488 g/mol. The van der Waals surface area contributed by atoms with E-state index in [1.54, 1.807) is 0 Å². The summed E-state index contributed by atoms with van der Waals surface area (Å²) in [6.45, 7) is 2.37. The highest BCUT2D eigenvalue weighted by molar-refractivity contribution is 14.1. The SMILES string of the molecule is C[C@]12CC[C@@H]3c4ccc(O)cc4CCC3C1CC[C@@]2(O)Cc1ccc(I)cc1. The van der Waals surface area contributed by atoms with Gasteiger partial charge in [0, 0.05) is 9.99 Å². The fraction of sp³-hybridized carbons (Fsp3) is 0.520. The molecule has 148 valence electrons. The van der Waals surface area contributed by atoms with Gasteiger partial charge in [-0.3, -0.25) is 0 Å². The minimum atomic E-state index is -0.593. The molecule has 2 saturated carbocycles. The van der Waals surface area contributed by atoms with Gasteiger partial charge in [0.25, 0.3) is 0 Å². The molecular formula is C25H29IO2. The van der Waals surface area contributed by atoms with Gasteiger partial charge in [-0.05, 0) is 125 Å². The number of rotatable bonds is 2. The van der Waals surface area contributed by atoms with Crippen molar-refractivity contribution in [1.29, 1.82) is 0 Å². The van der Waals surface area contributed by atoms with Crippen molar-refractivity contribution in [1.82, 2.24) is 0 Å². The zero-order chi connectivity index (χ0) is 19.5. The summed E-state index contributed by atoms with van der Waals surface area (Å²) in [7, 11) is 0. The molecule has 28 heavy (non-hydrogen) atoms. The summed E-state index contributed by atoms with van der Waals surface area (Å²) in [5, 5.41) is 21.7. The lowest BCUT2D eigenvalue weighted by Crippen LogP contribution is -2.51. The molecule has 0 radical (unpaired) electrons. The van der Waals surface area contributed by atoms with Gasteiger partial charge in [0.05, 0.1) is 5.60 Å². The lowest BCUT2D eigenvalue weighted by molar-refractivity contribution is -0.102. The van der Waals surface area contributed by atoms with Crippen molar-refractivity contribution < 1.29 is 10.2 Å². The minimum absolute atomic E-state index is 0.00554. The van der Waals surface area contributed by atoms with E-state index in [1.807, 2.05) is 12.1 Å². The largest absolute Gasteiger partial charge is 0.508 e. The zero-order valence-electron chi connectivity index (χ0n) is 16.5. The molecule has 3 aliphatic carbocycles. The number of phenolic OH excluding ortho intramolecular Hbond substituents is 1. The summed E-state index contributed by atoms with van der Waals surface area (Å²) < 4.78 is 1.25. The molecule has 0 heterocycles. The molecule has 5 rings (SSSR count). The highest BCUT2D eigenvalue weighted by Gasteiger charge is 2.61. The van der Waals surface area contributed by atoms with Crippen LogP contribution in [0, 0.1) is 20.8 Å². The lowest BCUT2D eigenvalue weighted by atomic mass is 9.53. The maximum atomic E-state index is 11.9. The van der Waals surface area contributed by atoms with Crippen molar-refractivity contribution in [2.75, 3.05) is 0 Å². The Morgan fingerprint density at radius 2 is 1.82 bits per heavy atom. The number of hydrogen-bond donors (Lipinski definition) is 2. The first-order valence-corrected chi connectivity index (χ1v) is 11.8. The highest BCUT2D eigenvalue weighted by Crippen LogP contribution is 2.64. The van der Waals surface area contributed by atoms with Gasteiger partial charge in [-0.2, -0.15) is 0 Å². The Labute approximate surface area is 181 Å². The molecule has 0 spiro atoms. The molecule has 5 atom stereocenters. The Morgan fingerprint density at radius 3 is 2.61 bits per heavy atom. The molecule has 0 bridgehead atoms. The first-order chi connectivity index (χ1) is 13.4. The van der Waals surface area contributed by atoms with Gasteiger partial charge in [0.2, 0.25) is 0 Å². The topological polar surface area (TPSA) is 40.5 Å². The summed E-state index contributed by atoms with van der Waals surface area (Å²) in [5.74, 6) is 2.26. The Hall–Kier alpha value is -1.07. The molecule has 0 aromatic heterocycles. The Kier molecular flexibility index (Phi) is 4.55. The van der Waals surface area contributed by atoms with Gasteiger partial charge in [0.1, 0.15) is 5.75 Å². The second-order valence-corrected chi connectivity index (χ2v) is 10.9. The van der Waals surface area contributed by atoms with Crippen molar-refractivity contribution in [3.05, 3.63) is 62.7 Å². The normalized spacial score (nSPS) is 36.5. The van der Waals surface area contributed by atoms with Crippen LogP contribution in [0.2, 0.25) is 0 Å². The van der Waals surface area contributed by atoms with E-state index in [0.717, 1.165) is 38.5 Å². The number of hydrogen-bond acceptors (Lipinski definition) is 2. The maximum absolute atomic E-state index is 11.9. The standard InChI is InChI=1S/C25H29IO2/c1-24-12-10-21-20-9-7-19(27)14-17(20)4-8-22(21)23(24)11-13-25(24,28)15-16-2-5-18(26)6-3-16/h2-3,5-7,9,14,21-23,27-28H,4,8,10-13,15H2,1H3/t21-,22?,23?,24+,25-/m1/s1. The third-order valence-electron chi connectivity index (χ3n) is 8.44. The Bertz CT molecular complexity index is 892. The van der Waals surface area contributed by atoms with Crippen LogP contribution in [0.4, 0.5) is 0 Å². The van der Waals surface area contributed by atoms with Gasteiger partial charge in [-0.25, -0.2) is 0 Å². The average Bonchev–Trinajstić information content (AvgIpc) is 2.94. The van der Waals surface area contributed by atoms with E-state index < -0.39 is 5.60 Å². The molecular weight excluding hydrogens is 459 g/mol. The molecule has 0 aliphatic heterocycles. The number of aromatic hydroxyl groups is 1. The number of phenols is 1. The van der Waals surface area contributed by atoms with Gasteiger partial charge < -0.3 is 10.2 Å². The third-order valence-corrected chi connectivity index (χ3v) is 9.16. The monoisotopic (exact) mass is 488 g/mol. The van der Waals surface area contributed by atoms with Crippen molar-refractivity contribution in [2.45, 2.75) is 63.4 Å². The van der Waals surface area contributed by atoms with Gasteiger partial charge in [0.15, 0.2) is 0 Å². The quantitative estimate of drug-likeness (QED) is 0.523. The summed E-state index contributed by atoms with van der Waals surface area (Å²) in [6, 6.07) is 14.7. The number of halogens is 1. The first kappa shape index (κ1) is 18.9. The second-order valence-electron chi connectivity index (χ2n) is 9.63. The third kappa shape index (κ3) is 2.84. The molecule has 2 aromatic rings. The molecule has 2 nitrogen and oxygen atoms in total. The molecule has 2 N–H and O–H groups in total. The number of benzene rings is 2. The van der Waals surface area contributed by atoms with Crippen molar-refractivity contribution in [2.24, 2.45) is 17.3 Å². The molecule has 2 fully saturated rings. The van der Waals surface area contributed by atoms with Gasteiger partial charge >= 0.3 is 0 Å². The van der Waals surface area contributed by atoms with Crippen molar-refractivity contribution >= 4 is 22.6 Å². The summed E-state index contributed by atoms with van der Waals surface area (Å²) in [5.41, 5.74) is 3.48. The zero-order valence-corrected chi connectivity index (χ0v) is 18.7. The predicted molar refractivity (Wildman–Crippen MR) is 121 cm³/mol. The second kappa shape index (κ2) is 6.73. The summed E-state index contributed by atoms with van der Waals surface area (Å²) >= 11 is 2.34. The molecule has 2 aromatic carbocycles. The van der Waals surface area contributed by atoms with Crippen LogP contribution in [0.1, 0.15) is 61.6 Å². The van der Waals surface area contributed by atoms with Crippen LogP contribution in [0.25, 0.3) is 0 Å². The van der Waals surface area contributed by atoms with Crippen LogP contribution in [-0.2, 0) is 12.8 Å². The van der Waals surface area contributed by atoms with E-state index in [1.165, 1.54) is 26.7 Å². The van der Waals surface area contributed by atoms with E-state index in [0.29, 0.717) is 23.5 Å². The minimum Gasteiger partial charge on any atom is -0.508 e. The number of aryl methyl sites for hydroxylation is 1. The Balaban J connectivity index is 1.44. The first-order valence-electron chi connectivity index (χ1n) is 10.7. The molecule has 0 saturated heterocycles. The van der Waals surface area contributed by atoms with Gasteiger partial charge in [-0.1, -0.05) is 25.1 Å². The van der Waals surface area contributed by atoms with Gasteiger partial charge in [-0.15, -0.1) is 0 Å². The van der Waals surface area contributed by atoms with Crippen molar-refractivity contribution in [3.8, 4) is 5.75 Å². The smallest absolute Gasteiger partial charge is 0.115 e. The van der Waals surface area contributed by atoms with Crippen LogP contribution < -0.4 is 0 Å². The van der Waals surface area contributed by atoms with Crippen LogP contribution in [0.3, 0.4) is 0 Å². The number of fused-ring (bicyclic) bond motifs is 5. The van der Waals surface area contributed by atoms with Crippen LogP contribution in [0.5, 0.6) is 5.75 Å². The fourth-order valence-electron chi connectivity index (χ4n) is 6.91. The maximum Gasteiger partial charge on any atom is 0.115 e. The van der Waals surface area contributed by atoms with E-state index in [2.05, 4.69) is 59.8 Å². The van der Waals surface area contributed by atoms with E-state index in [4.69, 9.17) is 0 Å². The molecule has 0 amide bonds. The van der Waals surface area contributed by atoms with E-state index >= 15 is 0 Å². The lowest BCUT2D eigenvalue weighted by Gasteiger charge is -2.53. The number of aliphatic hydroxyl groups is 1. The van der Waals surface area contributed by atoms with E-state index in [-0.39, 0.29) is 5.41 Å². The molecule has 3 heteroatoms. The van der Waals surface area contributed by atoms with Crippen LogP contribution in [0.15, 0.2) is 42.5 Å². The van der Waals surface area contributed by atoms with E-state index in [9.17, 15) is 10.2 Å². The van der Waals surface area contributed by atoms with Crippen molar-refractivity contribution in [3.63, 3.8) is 0 Å². The highest BCUT2D eigenvalue weighted by atomic mass is 127. The van der Waals surface area contributed by atoms with Crippen LogP contribution >= 0.6 is 22.6 Å². The fourth-order valence-corrected chi connectivity index (χ4v) is 7.27. The molecule has 3 aliphatic rings. The van der Waals surface area contributed by atoms with Crippen LogP contribution in [-0.4, -0.2) is 15.8 Å².